The summed E-state index contributed by atoms with van der Waals surface area (Å²) in [7, 11) is -4.08. The van der Waals surface area contributed by atoms with Crippen molar-refractivity contribution in [2.75, 3.05) is 46.0 Å². The van der Waals surface area contributed by atoms with E-state index in [9.17, 15) is 17.6 Å². The zero-order valence-electron chi connectivity index (χ0n) is 17.7. The van der Waals surface area contributed by atoms with Gasteiger partial charge in [0.25, 0.3) is 5.91 Å². The second-order valence-corrected chi connectivity index (χ2v) is 9.41. The summed E-state index contributed by atoms with van der Waals surface area (Å²) in [5, 5.41) is 0. The van der Waals surface area contributed by atoms with Gasteiger partial charge in [-0.25, -0.2) is 12.8 Å². The molecule has 172 valence electrons. The second kappa shape index (κ2) is 9.43. The third kappa shape index (κ3) is 4.57. The molecule has 10 heteroatoms. The maximum Gasteiger partial charge on any atom is 0.254 e. The average Bonchev–Trinajstić information content (AvgIpc) is 2.82. The first kappa shape index (κ1) is 22.5. The average molecular weight is 465 g/mol. The van der Waals surface area contributed by atoms with Crippen molar-refractivity contribution >= 4 is 15.9 Å². The number of benzene rings is 2. The smallest absolute Gasteiger partial charge is 0.254 e. The van der Waals surface area contributed by atoms with Gasteiger partial charge in [0.2, 0.25) is 10.0 Å². The van der Waals surface area contributed by atoms with Crippen LogP contribution < -0.4 is 9.47 Å². The van der Waals surface area contributed by atoms with Crippen molar-refractivity contribution in [3.05, 3.63) is 53.8 Å². The fourth-order valence-electron chi connectivity index (χ4n) is 3.70. The minimum atomic E-state index is -4.08. The predicted octanol–water partition coefficient (Wildman–Crippen LogP) is 2.15. The standard InChI is InChI=1S/C22H25FN2O6S/c1-2-24(14-17-15-30-19-5-3-4-6-20(19)31-17)22(26)16-7-8-18(23)21(13-16)32(27,28)25-9-11-29-12-10-25/h3-8,13,17H,2,9-12,14-15H2,1H3. The van der Waals surface area contributed by atoms with Crippen LogP contribution in [0.4, 0.5) is 4.39 Å². The number of amides is 1. The van der Waals surface area contributed by atoms with Crippen LogP contribution >= 0.6 is 0 Å². The van der Waals surface area contributed by atoms with E-state index in [1.54, 1.807) is 6.07 Å². The molecule has 4 rings (SSSR count). The largest absolute Gasteiger partial charge is 0.486 e. The number of carbonyl (C=O) groups excluding carboxylic acids is 1. The van der Waals surface area contributed by atoms with Crippen LogP contribution in [0.25, 0.3) is 0 Å². The SMILES string of the molecule is CCN(CC1COc2ccccc2O1)C(=O)c1ccc(F)c(S(=O)(=O)N2CCOCC2)c1. The van der Waals surface area contributed by atoms with Crippen LogP contribution in [-0.4, -0.2) is 75.6 Å². The highest BCUT2D eigenvalue weighted by Gasteiger charge is 2.31. The number of fused-ring (bicyclic) bond motifs is 1. The second-order valence-electron chi connectivity index (χ2n) is 7.50. The van der Waals surface area contributed by atoms with Gasteiger partial charge < -0.3 is 19.1 Å². The van der Waals surface area contributed by atoms with Crippen LogP contribution in [-0.2, 0) is 14.8 Å². The highest BCUT2D eigenvalue weighted by atomic mass is 32.2. The first-order chi connectivity index (χ1) is 15.4. The summed E-state index contributed by atoms with van der Waals surface area (Å²) in [6.07, 6.45) is -0.384. The van der Waals surface area contributed by atoms with Gasteiger partial charge >= 0.3 is 0 Å². The molecule has 1 unspecified atom stereocenters. The number of likely N-dealkylation sites (N-methyl/N-ethyl adjacent to an activating group) is 1. The molecule has 0 spiro atoms. The molecule has 1 saturated heterocycles. The van der Waals surface area contributed by atoms with E-state index in [1.165, 1.54) is 15.3 Å². The van der Waals surface area contributed by atoms with Crippen LogP contribution in [0, 0.1) is 5.82 Å². The molecule has 0 aromatic heterocycles. The summed E-state index contributed by atoms with van der Waals surface area (Å²) in [5.41, 5.74) is 0.0946. The Bertz CT molecular complexity index is 1090. The van der Waals surface area contributed by atoms with E-state index in [2.05, 4.69) is 0 Å². The van der Waals surface area contributed by atoms with E-state index in [0.717, 1.165) is 12.1 Å². The molecule has 1 atom stereocenters. The molecule has 32 heavy (non-hydrogen) atoms. The zero-order valence-corrected chi connectivity index (χ0v) is 18.5. The number of morpholine rings is 1. The molecule has 2 heterocycles. The number of rotatable bonds is 6. The van der Waals surface area contributed by atoms with Gasteiger partial charge in [0, 0.05) is 25.2 Å². The molecule has 2 aliphatic rings. The van der Waals surface area contributed by atoms with E-state index >= 15 is 0 Å². The molecule has 2 aromatic carbocycles. The molecule has 8 nitrogen and oxygen atoms in total. The Kier molecular flexibility index (Phi) is 6.63. The Morgan fingerprint density at radius 3 is 2.59 bits per heavy atom. The van der Waals surface area contributed by atoms with Crippen molar-refractivity contribution < 1.29 is 31.8 Å². The minimum Gasteiger partial charge on any atom is -0.486 e. The Morgan fingerprint density at radius 2 is 1.88 bits per heavy atom. The number of ether oxygens (including phenoxy) is 3. The van der Waals surface area contributed by atoms with Crippen molar-refractivity contribution in [1.29, 1.82) is 0 Å². The molecule has 1 fully saturated rings. The fourth-order valence-corrected chi connectivity index (χ4v) is 5.20. The predicted molar refractivity (Wildman–Crippen MR) is 114 cm³/mol. The van der Waals surface area contributed by atoms with E-state index in [4.69, 9.17) is 14.2 Å². The summed E-state index contributed by atoms with van der Waals surface area (Å²) < 4.78 is 58.3. The van der Waals surface area contributed by atoms with Gasteiger partial charge in [-0.3, -0.25) is 4.79 Å². The van der Waals surface area contributed by atoms with Crippen LogP contribution in [0.3, 0.4) is 0 Å². The summed E-state index contributed by atoms with van der Waals surface area (Å²) in [4.78, 5) is 14.2. The van der Waals surface area contributed by atoms with Gasteiger partial charge in [-0.2, -0.15) is 4.31 Å². The molecule has 0 N–H and O–H groups in total. The van der Waals surface area contributed by atoms with Gasteiger partial charge in [-0.1, -0.05) is 12.1 Å². The van der Waals surface area contributed by atoms with Crippen LogP contribution in [0.15, 0.2) is 47.4 Å². The molecule has 2 aromatic rings. The number of carbonyl (C=O) groups is 1. The molecular weight excluding hydrogens is 439 g/mol. The quantitative estimate of drug-likeness (QED) is 0.651. The van der Waals surface area contributed by atoms with Gasteiger partial charge in [-0.15, -0.1) is 0 Å². The number of hydrogen-bond donors (Lipinski definition) is 0. The van der Waals surface area contributed by atoms with Crippen molar-refractivity contribution in [2.24, 2.45) is 0 Å². The summed E-state index contributed by atoms with van der Waals surface area (Å²) in [5.74, 6) is -0.0485. The molecule has 0 bridgehead atoms. The lowest BCUT2D eigenvalue weighted by Crippen LogP contribution is -2.43. The first-order valence-corrected chi connectivity index (χ1v) is 11.9. The van der Waals surface area contributed by atoms with Crippen molar-refractivity contribution in [2.45, 2.75) is 17.9 Å². The lowest BCUT2D eigenvalue weighted by atomic mass is 10.1. The van der Waals surface area contributed by atoms with Gasteiger partial charge in [0.15, 0.2) is 17.6 Å². The van der Waals surface area contributed by atoms with Crippen LogP contribution in [0.5, 0.6) is 11.5 Å². The van der Waals surface area contributed by atoms with E-state index in [0.29, 0.717) is 18.0 Å². The third-order valence-electron chi connectivity index (χ3n) is 5.43. The molecule has 2 aliphatic heterocycles. The van der Waals surface area contributed by atoms with E-state index in [-0.39, 0.29) is 51.1 Å². The highest BCUT2D eigenvalue weighted by Crippen LogP contribution is 2.31. The first-order valence-electron chi connectivity index (χ1n) is 10.5. The maximum absolute atomic E-state index is 14.5. The Labute approximate surface area is 186 Å². The molecule has 0 radical (unpaired) electrons. The summed E-state index contributed by atoms with van der Waals surface area (Å²) in [6, 6.07) is 10.7. The monoisotopic (exact) mass is 464 g/mol. The number of nitrogens with zero attached hydrogens (tertiary/aromatic N) is 2. The van der Waals surface area contributed by atoms with Crippen molar-refractivity contribution in [1.82, 2.24) is 9.21 Å². The number of para-hydroxylation sites is 2. The minimum absolute atomic E-state index is 0.0946. The van der Waals surface area contributed by atoms with E-state index in [1.807, 2.05) is 25.1 Å². The van der Waals surface area contributed by atoms with E-state index < -0.39 is 26.6 Å². The zero-order chi connectivity index (χ0) is 22.7. The van der Waals surface area contributed by atoms with Crippen LogP contribution in [0.2, 0.25) is 0 Å². The third-order valence-corrected chi connectivity index (χ3v) is 7.34. The summed E-state index contributed by atoms with van der Waals surface area (Å²) >= 11 is 0. The molecular formula is C22H25FN2O6S. The lowest BCUT2D eigenvalue weighted by Gasteiger charge is -2.31. The summed E-state index contributed by atoms with van der Waals surface area (Å²) in [6.45, 7) is 3.47. The Morgan fingerprint density at radius 1 is 1.16 bits per heavy atom. The number of sulfonamides is 1. The maximum atomic E-state index is 14.5. The van der Waals surface area contributed by atoms with Gasteiger partial charge in [-0.05, 0) is 37.3 Å². The fraction of sp³-hybridized carbons (Fsp3) is 0.409. The molecule has 0 aliphatic carbocycles. The van der Waals surface area contributed by atoms with Crippen molar-refractivity contribution in [3.8, 4) is 11.5 Å². The van der Waals surface area contributed by atoms with Gasteiger partial charge in [0.05, 0.1) is 19.8 Å². The highest BCUT2D eigenvalue weighted by molar-refractivity contribution is 7.89. The number of halogens is 1. The van der Waals surface area contributed by atoms with Gasteiger partial charge in [0.1, 0.15) is 17.3 Å². The molecule has 0 saturated carbocycles. The normalized spacial score (nSPS) is 18.9. The Balaban J connectivity index is 1.52. The lowest BCUT2D eigenvalue weighted by molar-refractivity contribution is 0.0474. The molecule has 1 amide bonds. The van der Waals surface area contributed by atoms with Crippen molar-refractivity contribution in [3.63, 3.8) is 0 Å². The Hall–Kier alpha value is -2.69. The topological polar surface area (TPSA) is 85.4 Å². The van der Waals surface area contributed by atoms with Crippen LogP contribution in [0.1, 0.15) is 17.3 Å². The number of hydrogen-bond acceptors (Lipinski definition) is 6.